The summed E-state index contributed by atoms with van der Waals surface area (Å²) < 4.78 is 52.9. The molecule has 0 saturated heterocycles. The number of sulfonamides is 1. The molecule has 3 N–H and O–H groups in total. The highest BCUT2D eigenvalue weighted by molar-refractivity contribution is 7.92. The van der Waals surface area contributed by atoms with Gasteiger partial charge in [-0.15, -0.1) is 0 Å². The highest BCUT2D eigenvalue weighted by Crippen LogP contribution is 2.25. The average molecular weight is 333 g/mol. The predicted molar refractivity (Wildman–Crippen MR) is 76.5 cm³/mol. The first-order valence-electron chi connectivity index (χ1n) is 5.80. The molecule has 0 aliphatic rings. The van der Waals surface area contributed by atoms with Gasteiger partial charge < -0.3 is 5.73 Å². The maximum Gasteiger partial charge on any atom is 0.261 e. The zero-order chi connectivity index (χ0) is 15.6. The van der Waals surface area contributed by atoms with E-state index in [4.69, 9.17) is 17.3 Å². The molecule has 0 atom stereocenters. The lowest BCUT2D eigenvalue weighted by Crippen LogP contribution is -2.14. The van der Waals surface area contributed by atoms with Gasteiger partial charge in [0.15, 0.2) is 0 Å². The minimum absolute atomic E-state index is 0.0247. The number of halogens is 3. The van der Waals surface area contributed by atoms with Crippen molar-refractivity contribution in [3.05, 3.63) is 58.6 Å². The van der Waals surface area contributed by atoms with E-state index < -0.39 is 21.7 Å². The predicted octanol–water partition coefficient (Wildman–Crippen LogP) is 2.88. The third-order valence-electron chi connectivity index (χ3n) is 2.72. The number of benzene rings is 2. The molecule has 0 saturated carbocycles. The fourth-order valence-electron chi connectivity index (χ4n) is 1.65. The Morgan fingerprint density at radius 1 is 1.14 bits per heavy atom. The fraction of sp³-hybridized carbons (Fsp3) is 0.0769. The highest BCUT2D eigenvalue weighted by Gasteiger charge is 2.17. The van der Waals surface area contributed by atoms with Crippen molar-refractivity contribution in [1.29, 1.82) is 0 Å². The van der Waals surface area contributed by atoms with Crippen LogP contribution in [0.2, 0.25) is 5.02 Å². The molecule has 4 nitrogen and oxygen atoms in total. The van der Waals surface area contributed by atoms with Gasteiger partial charge >= 0.3 is 0 Å². The average Bonchev–Trinajstić information content (AvgIpc) is 2.42. The lowest BCUT2D eigenvalue weighted by Gasteiger charge is -2.11. The molecule has 2 rings (SSSR count). The maximum atomic E-state index is 13.3. The molecular formula is C13H11ClF2N2O2S. The number of nitrogens with two attached hydrogens (primary N) is 1. The zero-order valence-corrected chi connectivity index (χ0v) is 12.2. The van der Waals surface area contributed by atoms with Crippen molar-refractivity contribution >= 4 is 27.3 Å². The minimum Gasteiger partial charge on any atom is -0.326 e. The van der Waals surface area contributed by atoms with Crippen molar-refractivity contribution in [2.24, 2.45) is 5.73 Å². The van der Waals surface area contributed by atoms with E-state index in [9.17, 15) is 17.2 Å². The van der Waals surface area contributed by atoms with E-state index in [2.05, 4.69) is 4.72 Å². The van der Waals surface area contributed by atoms with E-state index in [1.165, 1.54) is 6.07 Å². The summed E-state index contributed by atoms with van der Waals surface area (Å²) in [6.07, 6.45) is 0. The molecule has 0 fully saturated rings. The zero-order valence-electron chi connectivity index (χ0n) is 10.6. The quantitative estimate of drug-likeness (QED) is 0.904. The molecule has 0 unspecified atom stereocenters. The van der Waals surface area contributed by atoms with Crippen molar-refractivity contribution in [3.63, 3.8) is 0 Å². The Bertz CT molecular complexity index is 782. The summed E-state index contributed by atoms with van der Waals surface area (Å²) in [4.78, 5) is -0.162. The smallest absolute Gasteiger partial charge is 0.261 e. The molecule has 0 aliphatic carbocycles. The van der Waals surface area contributed by atoms with Gasteiger partial charge in [-0.3, -0.25) is 4.72 Å². The van der Waals surface area contributed by atoms with Gasteiger partial charge in [0.05, 0.1) is 15.6 Å². The van der Waals surface area contributed by atoms with E-state index in [1.807, 2.05) is 0 Å². The van der Waals surface area contributed by atoms with Crippen LogP contribution in [0.15, 0.2) is 41.3 Å². The van der Waals surface area contributed by atoms with Crippen molar-refractivity contribution in [1.82, 2.24) is 0 Å². The second-order valence-corrected chi connectivity index (χ2v) is 6.28. The van der Waals surface area contributed by atoms with E-state index in [-0.39, 0.29) is 27.7 Å². The van der Waals surface area contributed by atoms with E-state index >= 15 is 0 Å². The van der Waals surface area contributed by atoms with Crippen LogP contribution in [-0.2, 0) is 16.6 Å². The molecule has 0 radical (unpaired) electrons. The third kappa shape index (κ3) is 3.49. The van der Waals surface area contributed by atoms with Crippen LogP contribution in [0, 0.1) is 11.6 Å². The van der Waals surface area contributed by atoms with Crippen LogP contribution >= 0.6 is 11.6 Å². The normalized spacial score (nSPS) is 11.4. The Hall–Kier alpha value is -1.70. The Labute approximate surface area is 125 Å². The molecule has 0 spiro atoms. The summed E-state index contributed by atoms with van der Waals surface area (Å²) in [5, 5.41) is -0.0836. The SMILES string of the molecule is NCc1cc(S(=O)(=O)Nc2ccc(F)cc2Cl)ccc1F. The summed E-state index contributed by atoms with van der Waals surface area (Å²) in [7, 11) is -3.98. The lowest BCUT2D eigenvalue weighted by atomic mass is 10.2. The molecule has 8 heteroatoms. The van der Waals surface area contributed by atoms with Gasteiger partial charge in [-0.2, -0.15) is 0 Å². The number of nitrogens with one attached hydrogen (secondary N) is 1. The number of hydrogen-bond acceptors (Lipinski definition) is 3. The van der Waals surface area contributed by atoms with E-state index in [1.54, 1.807) is 0 Å². The highest BCUT2D eigenvalue weighted by atomic mass is 35.5. The Kier molecular flexibility index (Phi) is 4.46. The van der Waals surface area contributed by atoms with Crippen LogP contribution in [0.25, 0.3) is 0 Å². The summed E-state index contributed by atoms with van der Waals surface area (Å²) in [5.74, 6) is -1.17. The molecule has 0 amide bonds. The Morgan fingerprint density at radius 3 is 2.48 bits per heavy atom. The molecule has 0 aromatic heterocycles. The van der Waals surface area contributed by atoms with Gasteiger partial charge in [-0.05, 0) is 36.4 Å². The second-order valence-electron chi connectivity index (χ2n) is 4.19. The second kappa shape index (κ2) is 5.97. The van der Waals surface area contributed by atoms with Crippen molar-refractivity contribution in [3.8, 4) is 0 Å². The standard InChI is InChI=1S/C13H11ClF2N2O2S/c14-11-6-9(15)1-4-13(11)18-21(19,20)10-2-3-12(16)8(5-10)7-17/h1-6,18H,7,17H2. The van der Waals surface area contributed by atoms with Crippen LogP contribution < -0.4 is 10.5 Å². The van der Waals surface area contributed by atoms with Crippen LogP contribution in [0.1, 0.15) is 5.56 Å². The number of rotatable bonds is 4. The molecule has 0 bridgehead atoms. The van der Waals surface area contributed by atoms with Crippen LogP contribution in [0.5, 0.6) is 0 Å². The minimum atomic E-state index is -3.98. The molecule has 2 aromatic carbocycles. The molecule has 112 valence electrons. The molecule has 0 aliphatic heterocycles. The van der Waals surface area contributed by atoms with Gasteiger partial charge in [-0.1, -0.05) is 11.6 Å². The van der Waals surface area contributed by atoms with Crippen LogP contribution in [-0.4, -0.2) is 8.42 Å². The molecule has 21 heavy (non-hydrogen) atoms. The molecule has 0 heterocycles. The fourth-order valence-corrected chi connectivity index (χ4v) is 3.05. The summed E-state index contributed by atoms with van der Waals surface area (Å²) >= 11 is 5.76. The van der Waals surface area contributed by atoms with Gasteiger partial charge in [0.25, 0.3) is 10.0 Å². The van der Waals surface area contributed by atoms with E-state index in [0.29, 0.717) is 0 Å². The van der Waals surface area contributed by atoms with Gasteiger partial charge in [0.2, 0.25) is 0 Å². The lowest BCUT2D eigenvalue weighted by molar-refractivity contribution is 0.596. The van der Waals surface area contributed by atoms with Gasteiger partial charge in [0.1, 0.15) is 11.6 Å². The maximum absolute atomic E-state index is 13.3. The van der Waals surface area contributed by atoms with Gasteiger partial charge in [0, 0.05) is 12.1 Å². The van der Waals surface area contributed by atoms with E-state index in [0.717, 1.165) is 30.3 Å². The van der Waals surface area contributed by atoms with Crippen molar-refractivity contribution in [2.75, 3.05) is 4.72 Å². The largest absolute Gasteiger partial charge is 0.326 e. The first-order valence-corrected chi connectivity index (χ1v) is 7.66. The Balaban J connectivity index is 2.38. The Morgan fingerprint density at radius 2 is 1.86 bits per heavy atom. The molecular weight excluding hydrogens is 322 g/mol. The number of hydrogen-bond donors (Lipinski definition) is 2. The van der Waals surface area contributed by atoms with Crippen LogP contribution in [0.3, 0.4) is 0 Å². The van der Waals surface area contributed by atoms with Gasteiger partial charge in [-0.25, -0.2) is 17.2 Å². The summed E-state index contributed by atoms with van der Waals surface area (Å²) in [5.41, 5.74) is 5.44. The van der Waals surface area contributed by atoms with Crippen LogP contribution in [0.4, 0.5) is 14.5 Å². The topological polar surface area (TPSA) is 72.2 Å². The summed E-state index contributed by atoms with van der Waals surface area (Å²) in [6.45, 7) is -0.132. The number of anilines is 1. The summed E-state index contributed by atoms with van der Waals surface area (Å²) in [6, 6.07) is 6.50. The monoisotopic (exact) mass is 332 g/mol. The third-order valence-corrected chi connectivity index (χ3v) is 4.40. The van der Waals surface area contributed by atoms with Crippen molar-refractivity contribution < 1.29 is 17.2 Å². The van der Waals surface area contributed by atoms with Crippen molar-refractivity contribution in [2.45, 2.75) is 11.4 Å². The first kappa shape index (κ1) is 15.7. The molecule has 2 aromatic rings. The first-order chi connectivity index (χ1) is 9.83.